The lowest BCUT2D eigenvalue weighted by Crippen LogP contribution is -2.02. The number of rotatable bonds is 2. The van der Waals surface area contributed by atoms with Crippen molar-refractivity contribution in [2.45, 2.75) is 19.3 Å². The predicted molar refractivity (Wildman–Crippen MR) is 90.5 cm³/mol. The van der Waals surface area contributed by atoms with Crippen LogP contribution in [0.2, 0.25) is 0 Å². The number of benzene rings is 2. The quantitative estimate of drug-likeness (QED) is 0.667. The Morgan fingerprint density at radius 2 is 1.91 bits per heavy atom. The number of nitrogens with zero attached hydrogens (tertiary/aromatic N) is 1. The summed E-state index contributed by atoms with van der Waals surface area (Å²) >= 11 is 0. The first-order valence-electron chi connectivity index (χ1n) is 7.87. The molecule has 0 N–H and O–H groups in total. The van der Waals surface area contributed by atoms with Gasteiger partial charge in [-0.1, -0.05) is 30.3 Å². The predicted octanol–water partition coefficient (Wildman–Crippen LogP) is 4.18. The highest BCUT2D eigenvalue weighted by molar-refractivity contribution is 6.01. The van der Waals surface area contributed by atoms with Crippen molar-refractivity contribution >= 4 is 16.9 Å². The first-order valence-corrected chi connectivity index (χ1v) is 7.87. The van der Waals surface area contributed by atoms with Crippen LogP contribution in [0.25, 0.3) is 22.0 Å². The van der Waals surface area contributed by atoms with E-state index in [1.54, 1.807) is 6.07 Å². The normalized spacial score (nSPS) is 13.1. The molecule has 1 aromatic heterocycles. The molecule has 3 aromatic rings. The van der Waals surface area contributed by atoms with Crippen LogP contribution >= 0.6 is 0 Å². The first-order chi connectivity index (χ1) is 11.3. The zero-order valence-corrected chi connectivity index (χ0v) is 13.0. The zero-order valence-electron chi connectivity index (χ0n) is 13.0. The Bertz CT molecular complexity index is 900. The van der Waals surface area contributed by atoms with Gasteiger partial charge in [0.1, 0.15) is 0 Å². The summed E-state index contributed by atoms with van der Waals surface area (Å²) in [5.41, 5.74) is 6.43. The zero-order chi connectivity index (χ0) is 15.8. The summed E-state index contributed by atoms with van der Waals surface area (Å²) in [6.07, 6.45) is 3.22. The Morgan fingerprint density at radius 3 is 2.70 bits per heavy atom. The molecule has 0 saturated heterocycles. The summed E-state index contributed by atoms with van der Waals surface area (Å²) in [6, 6.07) is 16.0. The highest BCUT2D eigenvalue weighted by Gasteiger charge is 2.21. The van der Waals surface area contributed by atoms with Crippen molar-refractivity contribution in [2.24, 2.45) is 0 Å². The van der Waals surface area contributed by atoms with Crippen LogP contribution in [-0.4, -0.2) is 18.1 Å². The fourth-order valence-electron chi connectivity index (χ4n) is 3.44. The van der Waals surface area contributed by atoms with Crippen molar-refractivity contribution in [1.29, 1.82) is 0 Å². The van der Waals surface area contributed by atoms with Crippen LogP contribution < -0.4 is 0 Å². The van der Waals surface area contributed by atoms with E-state index in [0.717, 1.165) is 30.2 Å². The Morgan fingerprint density at radius 1 is 1.09 bits per heavy atom. The SMILES string of the molecule is COC(=O)c1ccc2nc3c(c(-c4ccccc4)c2c1)CCC3. The number of methoxy groups -OCH3 is 1. The van der Waals surface area contributed by atoms with Gasteiger partial charge in [-0.05, 0) is 54.2 Å². The van der Waals surface area contributed by atoms with Crippen molar-refractivity contribution in [3.8, 4) is 11.1 Å². The van der Waals surface area contributed by atoms with E-state index in [4.69, 9.17) is 9.72 Å². The van der Waals surface area contributed by atoms with Gasteiger partial charge < -0.3 is 4.74 Å². The van der Waals surface area contributed by atoms with Crippen molar-refractivity contribution in [2.75, 3.05) is 7.11 Å². The number of aryl methyl sites for hydroxylation is 1. The Hall–Kier alpha value is -2.68. The lowest BCUT2D eigenvalue weighted by atomic mass is 9.94. The molecule has 0 unspecified atom stereocenters. The van der Waals surface area contributed by atoms with E-state index in [-0.39, 0.29) is 5.97 Å². The summed E-state index contributed by atoms with van der Waals surface area (Å²) < 4.78 is 4.86. The molecule has 3 heteroatoms. The van der Waals surface area contributed by atoms with E-state index in [1.165, 1.54) is 29.5 Å². The van der Waals surface area contributed by atoms with Gasteiger partial charge in [0.15, 0.2) is 0 Å². The summed E-state index contributed by atoms with van der Waals surface area (Å²) in [6.45, 7) is 0. The molecule has 0 aliphatic heterocycles. The Kier molecular flexibility index (Phi) is 3.34. The third-order valence-electron chi connectivity index (χ3n) is 4.50. The molecule has 1 heterocycles. The maximum absolute atomic E-state index is 11.9. The van der Waals surface area contributed by atoms with Crippen LogP contribution in [0.1, 0.15) is 28.0 Å². The van der Waals surface area contributed by atoms with Gasteiger partial charge in [-0.2, -0.15) is 0 Å². The number of hydrogen-bond acceptors (Lipinski definition) is 3. The largest absolute Gasteiger partial charge is 0.465 e. The molecule has 0 fully saturated rings. The van der Waals surface area contributed by atoms with Gasteiger partial charge in [0.05, 0.1) is 18.2 Å². The van der Waals surface area contributed by atoms with Crippen LogP contribution in [-0.2, 0) is 17.6 Å². The fourth-order valence-corrected chi connectivity index (χ4v) is 3.44. The van der Waals surface area contributed by atoms with Crippen LogP contribution in [0.15, 0.2) is 48.5 Å². The molecule has 114 valence electrons. The summed E-state index contributed by atoms with van der Waals surface area (Å²) in [4.78, 5) is 16.7. The van der Waals surface area contributed by atoms with Crippen molar-refractivity contribution in [3.63, 3.8) is 0 Å². The van der Waals surface area contributed by atoms with Gasteiger partial charge in [-0.15, -0.1) is 0 Å². The second-order valence-electron chi connectivity index (χ2n) is 5.86. The molecule has 0 bridgehead atoms. The molecule has 0 saturated carbocycles. The summed E-state index contributed by atoms with van der Waals surface area (Å²) in [7, 11) is 1.41. The molecule has 0 spiro atoms. The standard InChI is InChI=1S/C20H17NO2/c1-23-20(22)14-10-11-18-16(12-14)19(13-6-3-2-4-7-13)15-8-5-9-17(15)21-18/h2-4,6-7,10-12H,5,8-9H2,1H3. The molecule has 1 aliphatic carbocycles. The van der Waals surface area contributed by atoms with Crippen molar-refractivity contribution < 1.29 is 9.53 Å². The van der Waals surface area contributed by atoms with Gasteiger partial charge in [0.2, 0.25) is 0 Å². The highest BCUT2D eigenvalue weighted by Crippen LogP contribution is 2.37. The molecule has 0 amide bonds. The lowest BCUT2D eigenvalue weighted by Gasteiger charge is -2.13. The topological polar surface area (TPSA) is 39.2 Å². The fraction of sp³-hybridized carbons (Fsp3) is 0.200. The van der Waals surface area contributed by atoms with E-state index in [1.807, 2.05) is 30.3 Å². The van der Waals surface area contributed by atoms with Crippen LogP contribution in [0.5, 0.6) is 0 Å². The van der Waals surface area contributed by atoms with E-state index in [9.17, 15) is 4.79 Å². The van der Waals surface area contributed by atoms with E-state index >= 15 is 0 Å². The lowest BCUT2D eigenvalue weighted by molar-refractivity contribution is 0.0601. The number of ether oxygens (including phenoxy) is 1. The van der Waals surface area contributed by atoms with Gasteiger partial charge in [-0.3, -0.25) is 4.98 Å². The molecular weight excluding hydrogens is 286 g/mol. The average Bonchev–Trinajstić information content (AvgIpc) is 3.07. The Balaban J connectivity index is 2.06. The maximum Gasteiger partial charge on any atom is 0.337 e. The molecule has 1 aliphatic rings. The van der Waals surface area contributed by atoms with E-state index in [2.05, 4.69) is 12.1 Å². The Labute approximate surface area is 134 Å². The molecular formula is C20H17NO2. The number of carbonyl (C=O) groups is 1. The van der Waals surface area contributed by atoms with Crippen LogP contribution in [0, 0.1) is 0 Å². The third kappa shape index (κ3) is 2.29. The third-order valence-corrected chi connectivity index (χ3v) is 4.50. The maximum atomic E-state index is 11.9. The van der Waals surface area contributed by atoms with Crippen molar-refractivity contribution in [3.05, 3.63) is 65.4 Å². The second-order valence-corrected chi connectivity index (χ2v) is 5.86. The number of carbonyl (C=O) groups excluding carboxylic acids is 1. The number of esters is 1. The average molecular weight is 303 g/mol. The van der Waals surface area contributed by atoms with Crippen LogP contribution in [0.4, 0.5) is 0 Å². The number of hydrogen-bond donors (Lipinski definition) is 0. The molecule has 23 heavy (non-hydrogen) atoms. The molecule has 2 aromatic carbocycles. The molecule has 3 nitrogen and oxygen atoms in total. The minimum absolute atomic E-state index is 0.314. The molecule has 0 radical (unpaired) electrons. The number of aromatic nitrogens is 1. The minimum Gasteiger partial charge on any atom is -0.465 e. The number of fused-ring (bicyclic) bond motifs is 2. The van der Waals surface area contributed by atoms with E-state index < -0.39 is 0 Å². The van der Waals surface area contributed by atoms with E-state index in [0.29, 0.717) is 5.56 Å². The smallest absolute Gasteiger partial charge is 0.337 e. The summed E-state index contributed by atoms with van der Waals surface area (Å²) in [5, 5.41) is 1.03. The second kappa shape index (κ2) is 5.51. The highest BCUT2D eigenvalue weighted by atomic mass is 16.5. The minimum atomic E-state index is -0.314. The van der Waals surface area contributed by atoms with Crippen LogP contribution in [0.3, 0.4) is 0 Å². The monoisotopic (exact) mass is 303 g/mol. The van der Waals surface area contributed by atoms with Crippen molar-refractivity contribution in [1.82, 2.24) is 4.98 Å². The number of pyridine rings is 1. The molecule has 0 atom stereocenters. The van der Waals surface area contributed by atoms with Gasteiger partial charge in [0.25, 0.3) is 0 Å². The van der Waals surface area contributed by atoms with Gasteiger partial charge in [0, 0.05) is 11.1 Å². The molecule has 4 rings (SSSR count). The first kappa shape index (κ1) is 13.9. The summed E-state index contributed by atoms with van der Waals surface area (Å²) in [5.74, 6) is -0.314. The van der Waals surface area contributed by atoms with Gasteiger partial charge >= 0.3 is 5.97 Å². The van der Waals surface area contributed by atoms with Gasteiger partial charge in [-0.25, -0.2) is 4.79 Å².